The van der Waals surface area contributed by atoms with Gasteiger partial charge in [0.05, 0.1) is 24.6 Å². The standard InChI is InChI=1S/C33H41N5O3S/c1-4-25-8-6-7-21(3)30(25)38-28(19-34-31(40)33-16-22-13-23(17-33)15-24(14-22)18-33)36-37-32(38)42-20-29(39)35-26-9-11-27(12-10-26)41-5-2/h6-12,22-24H,4-5,13-20H2,1-3H3,(H,34,40)(H,35,39). The highest BCUT2D eigenvalue weighted by Gasteiger charge is 2.54. The molecule has 42 heavy (non-hydrogen) atoms. The van der Waals surface area contributed by atoms with Gasteiger partial charge in [0.25, 0.3) is 0 Å². The summed E-state index contributed by atoms with van der Waals surface area (Å²) >= 11 is 1.35. The molecule has 4 saturated carbocycles. The summed E-state index contributed by atoms with van der Waals surface area (Å²) in [7, 11) is 0. The first-order valence-corrected chi connectivity index (χ1v) is 16.3. The molecule has 4 fully saturated rings. The second kappa shape index (κ2) is 12.1. The number of nitrogens with one attached hydrogen (secondary N) is 2. The predicted molar refractivity (Wildman–Crippen MR) is 165 cm³/mol. The molecule has 0 atom stereocenters. The van der Waals surface area contributed by atoms with Crippen molar-refractivity contribution in [2.75, 3.05) is 17.7 Å². The van der Waals surface area contributed by atoms with Crippen LogP contribution in [0.5, 0.6) is 5.75 Å². The molecule has 9 heteroatoms. The molecule has 1 heterocycles. The van der Waals surface area contributed by atoms with Gasteiger partial charge in [0.15, 0.2) is 11.0 Å². The summed E-state index contributed by atoms with van der Waals surface area (Å²) in [5.74, 6) is 3.82. The normalized spacial score (nSPS) is 24.0. The van der Waals surface area contributed by atoms with Crippen LogP contribution < -0.4 is 15.4 Å². The molecule has 2 amide bonds. The minimum atomic E-state index is -0.215. The highest BCUT2D eigenvalue weighted by molar-refractivity contribution is 7.99. The van der Waals surface area contributed by atoms with Crippen molar-refractivity contribution >= 4 is 29.3 Å². The van der Waals surface area contributed by atoms with Crippen molar-refractivity contribution in [3.63, 3.8) is 0 Å². The highest BCUT2D eigenvalue weighted by atomic mass is 32.2. The van der Waals surface area contributed by atoms with Crippen molar-refractivity contribution in [1.82, 2.24) is 20.1 Å². The average molecular weight is 588 g/mol. The van der Waals surface area contributed by atoms with E-state index >= 15 is 0 Å². The molecule has 0 radical (unpaired) electrons. The van der Waals surface area contributed by atoms with E-state index in [-0.39, 0.29) is 23.0 Å². The lowest BCUT2D eigenvalue weighted by Gasteiger charge is -2.55. The molecule has 222 valence electrons. The topological polar surface area (TPSA) is 98.1 Å². The third-order valence-corrected chi connectivity index (χ3v) is 10.3. The number of anilines is 1. The zero-order valence-electron chi connectivity index (χ0n) is 24.8. The van der Waals surface area contributed by atoms with E-state index in [1.54, 1.807) is 0 Å². The summed E-state index contributed by atoms with van der Waals surface area (Å²) < 4.78 is 7.54. The minimum absolute atomic E-state index is 0.129. The number of nitrogens with zero attached hydrogens (tertiary/aromatic N) is 3. The second-order valence-electron chi connectivity index (χ2n) is 12.3. The van der Waals surface area contributed by atoms with Gasteiger partial charge in [-0.3, -0.25) is 14.2 Å². The van der Waals surface area contributed by atoms with Crippen LogP contribution in [0.3, 0.4) is 0 Å². The van der Waals surface area contributed by atoms with E-state index in [1.807, 2.05) is 35.8 Å². The SMILES string of the molecule is CCOc1ccc(NC(=O)CSc2nnc(CNC(=O)C34CC5CC(CC(C5)C3)C4)n2-c2c(C)cccc2CC)cc1. The molecule has 8 nitrogen and oxygen atoms in total. The number of para-hydroxylation sites is 1. The molecule has 7 rings (SSSR count). The van der Waals surface area contributed by atoms with Crippen molar-refractivity contribution in [1.29, 1.82) is 0 Å². The van der Waals surface area contributed by atoms with Crippen LogP contribution in [0.15, 0.2) is 47.6 Å². The Hall–Kier alpha value is -3.33. The van der Waals surface area contributed by atoms with E-state index in [0.717, 1.165) is 42.7 Å². The highest BCUT2D eigenvalue weighted by Crippen LogP contribution is 2.60. The molecule has 1 aromatic heterocycles. The smallest absolute Gasteiger partial charge is 0.234 e. The Bertz CT molecular complexity index is 1420. The fourth-order valence-corrected chi connectivity index (χ4v) is 8.68. The van der Waals surface area contributed by atoms with Crippen molar-refractivity contribution in [3.05, 3.63) is 59.4 Å². The van der Waals surface area contributed by atoms with Crippen LogP contribution in [0.2, 0.25) is 0 Å². The Kier molecular flexibility index (Phi) is 8.30. The lowest BCUT2D eigenvalue weighted by molar-refractivity contribution is -0.146. The van der Waals surface area contributed by atoms with Crippen molar-refractivity contribution in [2.24, 2.45) is 23.2 Å². The van der Waals surface area contributed by atoms with Crippen LogP contribution in [0.1, 0.15) is 69.3 Å². The molecule has 0 aliphatic heterocycles. The number of amides is 2. The number of benzene rings is 2. The maximum absolute atomic E-state index is 13.7. The molecule has 4 bridgehead atoms. The van der Waals surface area contributed by atoms with Gasteiger partial charge in [-0.2, -0.15) is 0 Å². The van der Waals surface area contributed by atoms with Crippen LogP contribution in [0.4, 0.5) is 5.69 Å². The zero-order valence-corrected chi connectivity index (χ0v) is 25.6. The van der Waals surface area contributed by atoms with E-state index in [0.29, 0.717) is 47.6 Å². The summed E-state index contributed by atoms with van der Waals surface area (Å²) in [5, 5.41) is 15.9. The first-order valence-electron chi connectivity index (χ1n) is 15.3. The number of ether oxygens (including phenoxy) is 1. The van der Waals surface area contributed by atoms with Gasteiger partial charge >= 0.3 is 0 Å². The van der Waals surface area contributed by atoms with E-state index < -0.39 is 0 Å². The number of aromatic nitrogens is 3. The molecule has 2 N–H and O–H groups in total. The summed E-state index contributed by atoms with van der Waals surface area (Å²) in [6.07, 6.45) is 7.85. The molecule has 4 aliphatic carbocycles. The summed E-state index contributed by atoms with van der Waals surface area (Å²) in [6.45, 7) is 7.06. The number of aryl methyl sites for hydroxylation is 2. The third-order valence-electron chi connectivity index (χ3n) is 9.33. The van der Waals surface area contributed by atoms with Crippen LogP contribution in [-0.4, -0.2) is 38.9 Å². The van der Waals surface area contributed by atoms with Crippen molar-refractivity contribution in [2.45, 2.75) is 77.4 Å². The van der Waals surface area contributed by atoms with Gasteiger partial charge < -0.3 is 15.4 Å². The predicted octanol–water partition coefficient (Wildman–Crippen LogP) is 6.10. The average Bonchev–Trinajstić information content (AvgIpc) is 3.37. The van der Waals surface area contributed by atoms with Gasteiger partial charge in [0.1, 0.15) is 5.75 Å². The molecule has 3 aromatic rings. The number of carbonyl (C=O) groups is 2. The Morgan fingerprint density at radius 2 is 1.69 bits per heavy atom. The Labute approximate surface area is 252 Å². The molecule has 4 aliphatic rings. The van der Waals surface area contributed by atoms with E-state index in [4.69, 9.17) is 4.74 Å². The number of hydrogen-bond donors (Lipinski definition) is 2. The number of carbonyl (C=O) groups excluding carboxylic acids is 2. The van der Waals surface area contributed by atoms with Crippen molar-refractivity contribution in [3.8, 4) is 11.4 Å². The van der Waals surface area contributed by atoms with Crippen molar-refractivity contribution < 1.29 is 14.3 Å². The lowest BCUT2D eigenvalue weighted by atomic mass is 9.49. The first kappa shape index (κ1) is 28.8. The van der Waals surface area contributed by atoms with Crippen LogP contribution >= 0.6 is 11.8 Å². The summed E-state index contributed by atoms with van der Waals surface area (Å²) in [6, 6.07) is 13.6. The van der Waals surface area contributed by atoms with Crippen LogP contribution in [0.25, 0.3) is 5.69 Å². The maximum atomic E-state index is 13.7. The number of rotatable bonds is 11. The molecular formula is C33H41N5O3S. The van der Waals surface area contributed by atoms with Gasteiger partial charge in [-0.15, -0.1) is 10.2 Å². The van der Waals surface area contributed by atoms with Gasteiger partial charge in [0, 0.05) is 11.1 Å². The fourth-order valence-electron chi connectivity index (χ4n) is 7.92. The quantitative estimate of drug-likeness (QED) is 0.263. The third kappa shape index (κ3) is 5.80. The van der Waals surface area contributed by atoms with E-state index in [1.165, 1.54) is 36.6 Å². The molecule has 0 unspecified atom stereocenters. The number of hydrogen-bond acceptors (Lipinski definition) is 6. The fraction of sp³-hybridized carbons (Fsp3) is 0.515. The van der Waals surface area contributed by atoms with Gasteiger partial charge in [-0.05, 0) is 112 Å². The van der Waals surface area contributed by atoms with E-state index in [2.05, 4.69) is 52.9 Å². The monoisotopic (exact) mass is 587 g/mol. The minimum Gasteiger partial charge on any atom is -0.494 e. The van der Waals surface area contributed by atoms with E-state index in [9.17, 15) is 9.59 Å². The van der Waals surface area contributed by atoms with Crippen LogP contribution in [-0.2, 0) is 22.6 Å². The Morgan fingerprint density at radius 1 is 1.00 bits per heavy atom. The lowest BCUT2D eigenvalue weighted by Crippen LogP contribution is -2.53. The molecule has 2 aromatic carbocycles. The van der Waals surface area contributed by atoms with Gasteiger partial charge in [0.2, 0.25) is 11.8 Å². The molecular weight excluding hydrogens is 546 g/mol. The largest absolute Gasteiger partial charge is 0.494 e. The Morgan fingerprint density at radius 3 is 2.33 bits per heavy atom. The summed E-state index contributed by atoms with van der Waals surface area (Å²) in [5.41, 5.74) is 3.80. The Balaban J connectivity index is 1.19. The van der Waals surface area contributed by atoms with Gasteiger partial charge in [-0.1, -0.05) is 36.9 Å². The number of thioether (sulfide) groups is 1. The van der Waals surface area contributed by atoms with Crippen LogP contribution in [0, 0.1) is 30.1 Å². The molecule has 0 spiro atoms. The zero-order chi connectivity index (χ0) is 29.3. The summed E-state index contributed by atoms with van der Waals surface area (Å²) in [4.78, 5) is 26.6. The maximum Gasteiger partial charge on any atom is 0.234 e. The molecule has 0 saturated heterocycles. The van der Waals surface area contributed by atoms with Gasteiger partial charge in [-0.25, -0.2) is 0 Å². The first-order chi connectivity index (χ1) is 20.4. The second-order valence-corrected chi connectivity index (χ2v) is 13.3.